The Labute approximate surface area is 204 Å². The number of ether oxygens (including phenoxy) is 2. The number of nitrogens with zero attached hydrogens (tertiary/aromatic N) is 1. The molecule has 6 nitrogen and oxygen atoms in total. The lowest BCUT2D eigenvalue weighted by Crippen LogP contribution is -2.48. The third-order valence-corrected chi connectivity index (χ3v) is 7.23. The number of nitrogens with one attached hydrogen (secondary N) is 1. The van der Waals surface area contributed by atoms with E-state index in [1.54, 1.807) is 42.0 Å². The molecule has 0 aromatic heterocycles. The van der Waals surface area contributed by atoms with Crippen molar-refractivity contribution in [2.24, 2.45) is 0 Å². The number of rotatable bonds is 7. The van der Waals surface area contributed by atoms with Gasteiger partial charge in [0, 0.05) is 11.3 Å². The number of carbonyl (C=O) groups excluding carboxylic acids is 2. The third kappa shape index (κ3) is 4.89. The fourth-order valence-electron chi connectivity index (χ4n) is 4.08. The van der Waals surface area contributed by atoms with Crippen molar-refractivity contribution in [3.63, 3.8) is 0 Å². The summed E-state index contributed by atoms with van der Waals surface area (Å²) in [6, 6.07) is 23.9. The van der Waals surface area contributed by atoms with E-state index >= 15 is 0 Å². The first-order valence-corrected chi connectivity index (χ1v) is 12.1. The van der Waals surface area contributed by atoms with Crippen molar-refractivity contribution in [1.82, 2.24) is 10.2 Å². The summed E-state index contributed by atoms with van der Waals surface area (Å²) in [5.41, 5.74) is 2.43. The van der Waals surface area contributed by atoms with Gasteiger partial charge >= 0.3 is 0 Å². The predicted molar refractivity (Wildman–Crippen MR) is 134 cm³/mol. The van der Waals surface area contributed by atoms with Crippen LogP contribution in [0.1, 0.15) is 39.8 Å². The zero-order valence-electron chi connectivity index (χ0n) is 19.4. The molecule has 34 heavy (non-hydrogen) atoms. The van der Waals surface area contributed by atoms with Crippen LogP contribution in [0.5, 0.6) is 11.5 Å². The van der Waals surface area contributed by atoms with Crippen molar-refractivity contribution in [1.29, 1.82) is 0 Å². The first kappa shape index (κ1) is 23.7. The number of methoxy groups -OCH3 is 2. The molecular weight excluding hydrogens is 448 g/mol. The Kier molecular flexibility index (Phi) is 7.43. The first-order chi connectivity index (χ1) is 16.5. The third-order valence-electron chi connectivity index (χ3n) is 5.91. The van der Waals surface area contributed by atoms with Crippen LogP contribution in [0, 0.1) is 0 Å². The van der Waals surface area contributed by atoms with Gasteiger partial charge in [-0.1, -0.05) is 60.7 Å². The summed E-state index contributed by atoms with van der Waals surface area (Å²) in [6.45, 7) is 1.95. The fraction of sp³-hybridized carbons (Fsp3) is 0.259. The number of hydrogen-bond donors (Lipinski definition) is 1. The molecule has 0 spiro atoms. The summed E-state index contributed by atoms with van der Waals surface area (Å²) >= 11 is 1.59. The van der Waals surface area contributed by atoms with Gasteiger partial charge in [-0.15, -0.1) is 11.8 Å². The van der Waals surface area contributed by atoms with Crippen molar-refractivity contribution in [2.45, 2.75) is 24.4 Å². The maximum atomic E-state index is 13.8. The van der Waals surface area contributed by atoms with Gasteiger partial charge < -0.3 is 19.7 Å². The molecule has 1 saturated heterocycles. The van der Waals surface area contributed by atoms with Crippen LogP contribution < -0.4 is 14.8 Å². The molecule has 176 valence electrons. The lowest BCUT2D eigenvalue weighted by molar-refractivity contribution is -0.125. The summed E-state index contributed by atoms with van der Waals surface area (Å²) in [7, 11) is 3.09. The minimum Gasteiger partial charge on any atom is -0.493 e. The standard InChI is InChI=1S/C27H28N2O4S/c1-18(19-10-6-4-7-11-19)28-25(30)22-17-34-27(20-12-8-5-9-13-20)29(22)26(31)21-14-15-23(32-2)24(16-21)33-3/h4-16,18,22,27H,17H2,1-3H3,(H,28,30). The molecular formula is C27H28N2O4S. The number of carbonyl (C=O) groups is 2. The van der Waals surface area contributed by atoms with E-state index in [0.717, 1.165) is 11.1 Å². The molecule has 1 heterocycles. The van der Waals surface area contributed by atoms with Crippen LogP contribution in [0.2, 0.25) is 0 Å². The van der Waals surface area contributed by atoms with Gasteiger partial charge in [-0.2, -0.15) is 0 Å². The van der Waals surface area contributed by atoms with Gasteiger partial charge in [-0.3, -0.25) is 9.59 Å². The molecule has 3 aromatic carbocycles. The van der Waals surface area contributed by atoms with E-state index < -0.39 is 6.04 Å². The van der Waals surface area contributed by atoms with E-state index in [9.17, 15) is 9.59 Å². The van der Waals surface area contributed by atoms with Crippen molar-refractivity contribution >= 4 is 23.6 Å². The quantitative estimate of drug-likeness (QED) is 0.529. The Bertz CT molecular complexity index is 1140. The van der Waals surface area contributed by atoms with Crippen LogP contribution in [-0.4, -0.2) is 42.7 Å². The van der Waals surface area contributed by atoms with Crippen LogP contribution in [0.25, 0.3) is 0 Å². The van der Waals surface area contributed by atoms with Crippen LogP contribution in [0.3, 0.4) is 0 Å². The van der Waals surface area contributed by atoms with Crippen molar-refractivity contribution < 1.29 is 19.1 Å². The average molecular weight is 477 g/mol. The molecule has 0 bridgehead atoms. The van der Waals surface area contributed by atoms with Gasteiger partial charge in [-0.05, 0) is 36.2 Å². The topological polar surface area (TPSA) is 67.9 Å². The molecule has 2 amide bonds. The summed E-state index contributed by atoms with van der Waals surface area (Å²) in [4.78, 5) is 28.9. The first-order valence-electron chi connectivity index (χ1n) is 11.1. The Balaban J connectivity index is 1.65. The molecule has 1 aliphatic heterocycles. The van der Waals surface area contributed by atoms with Gasteiger partial charge in [0.15, 0.2) is 11.5 Å². The molecule has 3 aromatic rings. The SMILES string of the molecule is COc1ccc(C(=O)N2C(C(=O)NC(C)c3ccccc3)CSC2c2ccccc2)cc1OC. The normalized spacial score (nSPS) is 18.3. The monoisotopic (exact) mass is 476 g/mol. The average Bonchev–Trinajstić information content (AvgIpc) is 3.34. The fourth-order valence-corrected chi connectivity index (χ4v) is 5.51. The van der Waals surface area contributed by atoms with Crippen LogP contribution in [0.15, 0.2) is 78.9 Å². The van der Waals surface area contributed by atoms with E-state index in [-0.39, 0.29) is 23.2 Å². The lowest BCUT2D eigenvalue weighted by Gasteiger charge is -2.30. The van der Waals surface area contributed by atoms with E-state index in [1.165, 1.54) is 7.11 Å². The lowest BCUT2D eigenvalue weighted by atomic mass is 10.1. The molecule has 3 unspecified atom stereocenters. The maximum absolute atomic E-state index is 13.8. The largest absolute Gasteiger partial charge is 0.493 e. The summed E-state index contributed by atoms with van der Waals surface area (Å²) in [6.07, 6.45) is 0. The smallest absolute Gasteiger partial charge is 0.255 e. The summed E-state index contributed by atoms with van der Waals surface area (Å²) < 4.78 is 10.7. The number of amides is 2. The molecule has 7 heteroatoms. The van der Waals surface area contributed by atoms with Crippen LogP contribution in [0.4, 0.5) is 0 Å². The highest BCUT2D eigenvalue weighted by Crippen LogP contribution is 2.43. The Morgan fingerprint density at radius 1 is 0.941 bits per heavy atom. The van der Waals surface area contributed by atoms with Crippen molar-refractivity contribution in [3.8, 4) is 11.5 Å². The highest BCUT2D eigenvalue weighted by molar-refractivity contribution is 7.99. The minimum absolute atomic E-state index is 0.170. The molecule has 3 atom stereocenters. The van der Waals surface area contributed by atoms with Gasteiger partial charge in [0.25, 0.3) is 5.91 Å². The number of thioether (sulfide) groups is 1. The second-order valence-corrected chi connectivity index (χ2v) is 9.15. The van der Waals surface area contributed by atoms with Gasteiger partial charge in [0.2, 0.25) is 5.91 Å². The van der Waals surface area contributed by atoms with E-state index in [1.807, 2.05) is 67.6 Å². The second-order valence-electron chi connectivity index (χ2n) is 8.04. The molecule has 0 aliphatic carbocycles. The zero-order chi connectivity index (χ0) is 24.1. The second kappa shape index (κ2) is 10.7. The van der Waals surface area contributed by atoms with Gasteiger partial charge in [0.1, 0.15) is 11.4 Å². The highest BCUT2D eigenvalue weighted by Gasteiger charge is 2.43. The Morgan fingerprint density at radius 2 is 1.59 bits per heavy atom. The Hall–Kier alpha value is -3.45. The molecule has 1 N–H and O–H groups in total. The van der Waals surface area contributed by atoms with E-state index in [0.29, 0.717) is 22.8 Å². The number of hydrogen-bond acceptors (Lipinski definition) is 5. The predicted octanol–water partition coefficient (Wildman–Crippen LogP) is 4.84. The molecule has 1 aliphatic rings. The summed E-state index contributed by atoms with van der Waals surface area (Å²) in [5.74, 6) is 1.12. The van der Waals surface area contributed by atoms with Crippen molar-refractivity contribution in [3.05, 3.63) is 95.6 Å². The Morgan fingerprint density at radius 3 is 2.24 bits per heavy atom. The van der Waals surface area contributed by atoms with Crippen molar-refractivity contribution in [2.75, 3.05) is 20.0 Å². The van der Waals surface area contributed by atoms with Crippen LogP contribution in [-0.2, 0) is 4.79 Å². The van der Waals surface area contributed by atoms with Gasteiger partial charge in [-0.25, -0.2) is 0 Å². The minimum atomic E-state index is -0.609. The molecule has 0 radical (unpaired) electrons. The van der Waals surface area contributed by atoms with E-state index in [4.69, 9.17) is 9.47 Å². The summed E-state index contributed by atoms with van der Waals surface area (Å²) in [5, 5.41) is 2.82. The highest BCUT2D eigenvalue weighted by atomic mass is 32.2. The number of benzene rings is 3. The molecule has 0 saturated carbocycles. The maximum Gasteiger partial charge on any atom is 0.255 e. The molecule has 1 fully saturated rings. The van der Waals surface area contributed by atoms with E-state index in [2.05, 4.69) is 5.32 Å². The zero-order valence-corrected chi connectivity index (χ0v) is 20.2. The molecule has 4 rings (SSSR count). The van der Waals surface area contributed by atoms with Gasteiger partial charge in [0.05, 0.1) is 20.3 Å². The van der Waals surface area contributed by atoms with Crippen LogP contribution >= 0.6 is 11.8 Å².